The van der Waals surface area contributed by atoms with Crippen LogP contribution in [0.15, 0.2) is 24.3 Å². The Morgan fingerprint density at radius 2 is 0.635 bits per heavy atom. The van der Waals surface area contributed by atoms with E-state index in [1.165, 1.54) is 6.07 Å². The second-order valence-electron chi connectivity index (χ2n) is 9.79. The molecule has 23 heteroatoms. The summed E-state index contributed by atoms with van der Waals surface area (Å²) >= 11 is 0. The molecule has 0 radical (unpaired) electrons. The number of ether oxygens (including phenoxy) is 1. The van der Waals surface area contributed by atoms with Gasteiger partial charge in [0, 0.05) is 6.42 Å². The highest BCUT2D eigenvalue weighted by atomic mass is 16.5. The van der Waals surface area contributed by atoms with Gasteiger partial charge in [0.25, 0.3) is 0 Å². The SMILES string of the molecule is CCC(=O)Oc1ccccc1O.OC[C@@H](O)[C@@H](O)CO.OC[C@@H](O)[C@@H](O)CO.OC[C@@H](O)[C@@H](O)CO.OC[C@@H](O)[C@@H](O)CO.OC[C@@H](O)[C@@H](O)CO. The van der Waals surface area contributed by atoms with Crippen molar-refractivity contribution >= 4 is 5.97 Å². The van der Waals surface area contributed by atoms with Crippen molar-refractivity contribution in [1.29, 1.82) is 0 Å². The van der Waals surface area contributed by atoms with Crippen molar-refractivity contribution in [2.75, 3.05) is 66.1 Å². The highest BCUT2D eigenvalue weighted by Crippen LogP contribution is 2.24. The molecule has 0 bridgehead atoms. The molecule has 52 heavy (non-hydrogen) atoms. The van der Waals surface area contributed by atoms with Crippen LogP contribution in [0.25, 0.3) is 0 Å². The largest absolute Gasteiger partial charge is 0.504 e. The number of para-hydroxylation sites is 2. The summed E-state index contributed by atoms with van der Waals surface area (Å²) in [5.41, 5.74) is 0. The molecule has 1 aromatic carbocycles. The summed E-state index contributed by atoms with van der Waals surface area (Å²) < 4.78 is 4.81. The Kier molecular flexibility index (Phi) is 45.2. The topological polar surface area (TPSA) is 451 Å². The zero-order valence-corrected chi connectivity index (χ0v) is 28.6. The van der Waals surface area contributed by atoms with Crippen LogP contribution < -0.4 is 4.74 Å². The van der Waals surface area contributed by atoms with E-state index in [0.717, 1.165) is 0 Å². The second kappa shape index (κ2) is 39.9. The third-order valence-electron chi connectivity index (χ3n) is 5.47. The lowest BCUT2D eigenvalue weighted by Gasteiger charge is -2.10. The van der Waals surface area contributed by atoms with Crippen LogP contribution in [0, 0.1) is 0 Å². The second-order valence-corrected chi connectivity index (χ2v) is 9.79. The Hall–Kier alpha value is -2.31. The third kappa shape index (κ3) is 34.8. The lowest BCUT2D eigenvalue weighted by Crippen LogP contribution is -2.31. The molecular weight excluding hydrogens is 716 g/mol. The van der Waals surface area contributed by atoms with Crippen molar-refractivity contribution in [1.82, 2.24) is 0 Å². The first-order valence-corrected chi connectivity index (χ1v) is 15.2. The molecule has 0 saturated heterocycles. The molecule has 10 atom stereocenters. The summed E-state index contributed by atoms with van der Waals surface area (Å²) in [5, 5.41) is 175. The summed E-state index contributed by atoms with van der Waals surface area (Å²) in [6.07, 6.45) is -11.9. The fraction of sp³-hybridized carbons (Fsp3) is 0.759. The lowest BCUT2D eigenvalue weighted by molar-refractivity contribution is -0.134. The Morgan fingerprint density at radius 1 is 0.442 bits per heavy atom. The van der Waals surface area contributed by atoms with Gasteiger partial charge in [0.15, 0.2) is 11.5 Å². The minimum Gasteiger partial charge on any atom is -0.504 e. The maximum Gasteiger partial charge on any atom is 0.311 e. The molecule has 0 spiro atoms. The number of phenolic OH excluding ortho intramolecular Hbond substituents is 1. The van der Waals surface area contributed by atoms with Gasteiger partial charge < -0.3 is 112 Å². The number of phenols is 1. The molecule has 0 amide bonds. The van der Waals surface area contributed by atoms with Crippen LogP contribution in [0.2, 0.25) is 0 Å². The molecule has 314 valence electrons. The van der Waals surface area contributed by atoms with E-state index in [2.05, 4.69) is 0 Å². The molecule has 0 saturated carbocycles. The summed E-state index contributed by atoms with van der Waals surface area (Å²) in [5.74, 6) is -0.153. The van der Waals surface area contributed by atoms with Crippen molar-refractivity contribution in [2.24, 2.45) is 0 Å². The first-order valence-electron chi connectivity index (χ1n) is 15.2. The Labute approximate surface area is 299 Å². The van der Waals surface area contributed by atoms with E-state index in [9.17, 15) is 9.90 Å². The van der Waals surface area contributed by atoms with Crippen molar-refractivity contribution in [3.63, 3.8) is 0 Å². The maximum absolute atomic E-state index is 10.8. The van der Waals surface area contributed by atoms with E-state index in [-0.39, 0.29) is 17.5 Å². The third-order valence-corrected chi connectivity index (χ3v) is 5.47. The monoisotopic (exact) mass is 776 g/mol. The van der Waals surface area contributed by atoms with Crippen molar-refractivity contribution in [3.8, 4) is 11.5 Å². The molecular formula is C29H60O23. The number of benzene rings is 1. The fourth-order valence-electron chi connectivity index (χ4n) is 1.96. The smallest absolute Gasteiger partial charge is 0.311 e. The van der Waals surface area contributed by atoms with Gasteiger partial charge in [-0.2, -0.15) is 0 Å². The maximum atomic E-state index is 10.8. The molecule has 1 rings (SSSR count). The number of aliphatic hydroxyl groups excluding tert-OH is 20. The predicted octanol–water partition coefficient (Wildman–Crippen LogP) is -9.83. The van der Waals surface area contributed by atoms with Crippen LogP contribution in [0.4, 0.5) is 0 Å². The number of esters is 1. The zero-order chi connectivity index (χ0) is 41.8. The summed E-state index contributed by atoms with van der Waals surface area (Å²) in [4.78, 5) is 10.8. The van der Waals surface area contributed by atoms with Crippen molar-refractivity contribution < 1.29 is 117 Å². The van der Waals surface area contributed by atoms with Gasteiger partial charge in [0.2, 0.25) is 0 Å². The zero-order valence-electron chi connectivity index (χ0n) is 28.6. The van der Waals surface area contributed by atoms with E-state index >= 15 is 0 Å². The Morgan fingerprint density at radius 3 is 0.788 bits per heavy atom. The summed E-state index contributed by atoms with van der Waals surface area (Å²) in [6, 6.07) is 6.37. The predicted molar refractivity (Wildman–Crippen MR) is 175 cm³/mol. The minimum atomic E-state index is -1.22. The molecule has 23 nitrogen and oxygen atoms in total. The molecule has 0 aliphatic rings. The van der Waals surface area contributed by atoms with Crippen LogP contribution in [0.3, 0.4) is 0 Å². The van der Waals surface area contributed by atoms with Gasteiger partial charge in [-0.05, 0) is 12.1 Å². The van der Waals surface area contributed by atoms with E-state index < -0.39 is 127 Å². The van der Waals surface area contributed by atoms with E-state index in [4.69, 9.17) is 107 Å². The van der Waals surface area contributed by atoms with Crippen molar-refractivity contribution in [3.05, 3.63) is 24.3 Å². The number of carbonyl (C=O) groups is 1. The minimum absolute atomic E-state index is 0.0145. The van der Waals surface area contributed by atoms with Gasteiger partial charge in [-0.3, -0.25) is 4.79 Å². The number of hydrogen-bond donors (Lipinski definition) is 21. The number of rotatable bonds is 17. The number of hydrogen-bond acceptors (Lipinski definition) is 23. The van der Waals surface area contributed by atoms with E-state index in [0.29, 0.717) is 6.42 Å². The van der Waals surface area contributed by atoms with Crippen LogP contribution in [-0.4, -0.2) is 240 Å². The van der Waals surface area contributed by atoms with Gasteiger partial charge in [-0.15, -0.1) is 0 Å². The summed E-state index contributed by atoms with van der Waals surface area (Å²) in [7, 11) is 0. The van der Waals surface area contributed by atoms with E-state index in [1.807, 2.05) is 0 Å². The molecule has 0 aliphatic carbocycles. The molecule has 0 aromatic heterocycles. The normalized spacial score (nSPS) is 16.0. The van der Waals surface area contributed by atoms with Gasteiger partial charge in [0.1, 0.15) is 61.0 Å². The molecule has 0 aliphatic heterocycles. The number of carbonyl (C=O) groups excluding carboxylic acids is 1. The van der Waals surface area contributed by atoms with Crippen LogP contribution in [-0.2, 0) is 4.79 Å². The van der Waals surface area contributed by atoms with Crippen LogP contribution in [0.5, 0.6) is 11.5 Å². The molecule has 1 aromatic rings. The van der Waals surface area contributed by atoms with Crippen LogP contribution in [0.1, 0.15) is 13.3 Å². The first kappa shape index (κ1) is 59.0. The van der Waals surface area contributed by atoms with Gasteiger partial charge >= 0.3 is 5.97 Å². The quantitative estimate of drug-likeness (QED) is 0.0516. The first-order chi connectivity index (χ1) is 24.3. The molecule has 0 heterocycles. The number of aliphatic hydroxyl groups is 20. The molecule has 21 N–H and O–H groups in total. The lowest BCUT2D eigenvalue weighted by atomic mass is 10.2. The number of aromatic hydroxyl groups is 1. The van der Waals surface area contributed by atoms with Crippen LogP contribution >= 0.6 is 0 Å². The molecule has 0 unspecified atom stereocenters. The average Bonchev–Trinajstić information content (AvgIpc) is 3.19. The van der Waals surface area contributed by atoms with Gasteiger partial charge in [0.05, 0.1) is 66.1 Å². The average molecular weight is 777 g/mol. The summed E-state index contributed by atoms with van der Waals surface area (Å²) in [6.45, 7) is -3.56. The highest BCUT2D eigenvalue weighted by molar-refractivity contribution is 5.72. The van der Waals surface area contributed by atoms with Gasteiger partial charge in [-0.1, -0.05) is 19.1 Å². The Bertz CT molecular complexity index is 753. The standard InChI is InChI=1S/C9H10O3.5C4H10O4/c1-2-9(11)12-8-6-4-3-5-7(8)10;5*5-1-3(7)4(8)2-6/h3-6,10H,2H2,1H3;5*3-8H,1-2H2/t;5*3-,4+. The molecule has 0 fully saturated rings. The highest BCUT2D eigenvalue weighted by Gasteiger charge is 2.15. The fourth-order valence-corrected chi connectivity index (χ4v) is 1.96. The van der Waals surface area contributed by atoms with Crippen molar-refractivity contribution in [2.45, 2.75) is 74.4 Å². The Balaban J connectivity index is -0.000000172. The van der Waals surface area contributed by atoms with Gasteiger partial charge in [-0.25, -0.2) is 0 Å². The van der Waals surface area contributed by atoms with E-state index in [1.54, 1.807) is 25.1 Å².